The minimum Gasteiger partial charge on any atom is -0.285 e. The second kappa shape index (κ2) is 10.8. The highest BCUT2D eigenvalue weighted by atomic mass is 19.1. The van der Waals surface area contributed by atoms with Crippen molar-refractivity contribution in [2.75, 3.05) is 0 Å². The summed E-state index contributed by atoms with van der Waals surface area (Å²) in [5, 5.41) is 0. The summed E-state index contributed by atoms with van der Waals surface area (Å²) in [5.41, 5.74) is -0.0880. The molecule has 0 aromatic heterocycles. The Morgan fingerprint density at radius 3 is 0.579 bits per heavy atom. The van der Waals surface area contributed by atoms with Crippen LogP contribution in [0.5, 0.6) is 0 Å². The molecular formula is C30H16F2O6. The van der Waals surface area contributed by atoms with Crippen molar-refractivity contribution in [2.45, 2.75) is 0 Å². The molecule has 0 fully saturated rings. The van der Waals surface area contributed by atoms with Crippen LogP contribution in [-0.4, -0.2) is 34.7 Å². The van der Waals surface area contributed by atoms with E-state index in [4.69, 9.17) is 0 Å². The lowest BCUT2D eigenvalue weighted by Crippen LogP contribution is -2.17. The van der Waals surface area contributed by atoms with Crippen molar-refractivity contribution in [3.63, 3.8) is 0 Å². The van der Waals surface area contributed by atoms with Crippen molar-refractivity contribution in [3.8, 4) is 0 Å². The van der Waals surface area contributed by atoms with E-state index in [1.165, 1.54) is 72.8 Å². The number of carbonyl (C=O) groups excluding carboxylic acids is 6. The zero-order valence-corrected chi connectivity index (χ0v) is 19.4. The van der Waals surface area contributed by atoms with Gasteiger partial charge in [-0.2, -0.15) is 0 Å². The van der Waals surface area contributed by atoms with Crippen LogP contribution in [0.4, 0.5) is 8.78 Å². The van der Waals surface area contributed by atoms with E-state index in [2.05, 4.69) is 0 Å². The van der Waals surface area contributed by atoms with Crippen molar-refractivity contribution in [2.24, 2.45) is 0 Å². The first-order valence-electron chi connectivity index (χ1n) is 11.1. The molecule has 0 aliphatic rings. The topological polar surface area (TPSA) is 102 Å². The normalized spacial score (nSPS) is 10.5. The maximum Gasteiger partial charge on any atom is 0.233 e. The minimum atomic E-state index is -0.893. The Morgan fingerprint density at radius 2 is 0.421 bits per heavy atom. The average molecular weight is 510 g/mol. The van der Waals surface area contributed by atoms with Gasteiger partial charge in [-0.15, -0.1) is 0 Å². The molecule has 6 nitrogen and oxygen atoms in total. The standard InChI is InChI=1S/C30H16F2O6/c31-23-13-9-21(10-14-23)29(37)27(35)19-5-1-17(2-6-19)25(33)26(34)18-3-7-20(8-4-18)28(36)30(38)22-11-15-24(32)16-12-22/h1-16H. The SMILES string of the molecule is O=C(C(=O)c1ccc(C(=O)C(=O)c2ccc(C(=O)C(=O)c3ccc(F)cc3)cc2)cc1)c1ccc(F)cc1. The Hall–Kier alpha value is -5.24. The van der Waals surface area contributed by atoms with Gasteiger partial charge in [0.15, 0.2) is 0 Å². The van der Waals surface area contributed by atoms with E-state index in [0.29, 0.717) is 0 Å². The number of ketones is 6. The van der Waals surface area contributed by atoms with Gasteiger partial charge in [0.2, 0.25) is 34.7 Å². The van der Waals surface area contributed by atoms with Gasteiger partial charge < -0.3 is 0 Å². The van der Waals surface area contributed by atoms with E-state index in [-0.39, 0.29) is 33.4 Å². The smallest absolute Gasteiger partial charge is 0.233 e. The number of benzene rings is 4. The first-order valence-corrected chi connectivity index (χ1v) is 11.1. The molecule has 4 aromatic carbocycles. The summed E-state index contributed by atoms with van der Waals surface area (Å²) in [5.74, 6) is -6.33. The molecule has 0 atom stereocenters. The van der Waals surface area contributed by atoms with Crippen molar-refractivity contribution >= 4 is 34.7 Å². The highest BCUT2D eigenvalue weighted by molar-refractivity contribution is 6.51. The van der Waals surface area contributed by atoms with E-state index in [0.717, 1.165) is 24.3 Å². The van der Waals surface area contributed by atoms with Gasteiger partial charge in [0.05, 0.1) is 0 Å². The Morgan fingerprint density at radius 1 is 0.289 bits per heavy atom. The lowest BCUT2D eigenvalue weighted by molar-refractivity contribution is 0.0813. The van der Waals surface area contributed by atoms with E-state index in [1.54, 1.807) is 0 Å². The lowest BCUT2D eigenvalue weighted by atomic mass is 9.96. The predicted octanol–water partition coefficient (Wildman–Crippen LogP) is 5.16. The van der Waals surface area contributed by atoms with Gasteiger partial charge in [0.1, 0.15) is 11.6 Å². The van der Waals surface area contributed by atoms with Crippen LogP contribution in [0.3, 0.4) is 0 Å². The molecule has 0 saturated carbocycles. The van der Waals surface area contributed by atoms with Gasteiger partial charge in [-0.25, -0.2) is 8.78 Å². The molecule has 38 heavy (non-hydrogen) atoms. The minimum absolute atomic E-state index is 0.00743. The second-order valence-corrected chi connectivity index (χ2v) is 8.14. The number of hydrogen-bond acceptors (Lipinski definition) is 6. The number of halogens is 2. The Kier molecular flexibility index (Phi) is 7.34. The van der Waals surface area contributed by atoms with Gasteiger partial charge in [0.25, 0.3) is 0 Å². The van der Waals surface area contributed by atoms with Crippen LogP contribution in [0.25, 0.3) is 0 Å². The van der Waals surface area contributed by atoms with Crippen LogP contribution in [0.15, 0.2) is 97.1 Å². The Bertz CT molecular complexity index is 1460. The van der Waals surface area contributed by atoms with Gasteiger partial charge in [-0.3, -0.25) is 28.8 Å². The molecule has 4 rings (SSSR count). The van der Waals surface area contributed by atoms with Crippen LogP contribution in [0.1, 0.15) is 62.1 Å². The van der Waals surface area contributed by atoms with Crippen LogP contribution >= 0.6 is 0 Å². The third-order valence-corrected chi connectivity index (χ3v) is 5.65. The van der Waals surface area contributed by atoms with Crippen molar-refractivity contribution in [1.29, 1.82) is 0 Å². The Balaban J connectivity index is 1.44. The maximum absolute atomic E-state index is 13.0. The van der Waals surface area contributed by atoms with Gasteiger partial charge in [-0.05, 0) is 48.5 Å². The van der Waals surface area contributed by atoms with Crippen LogP contribution in [-0.2, 0) is 0 Å². The third-order valence-electron chi connectivity index (χ3n) is 5.65. The number of Topliss-reactive ketones (excluding diaryl/α,β-unsaturated/α-hetero) is 6. The molecular weight excluding hydrogens is 494 g/mol. The molecule has 186 valence electrons. The lowest BCUT2D eigenvalue weighted by Gasteiger charge is -2.05. The quantitative estimate of drug-likeness (QED) is 0.228. The van der Waals surface area contributed by atoms with Gasteiger partial charge >= 0.3 is 0 Å². The molecule has 0 amide bonds. The molecule has 0 radical (unpaired) electrons. The van der Waals surface area contributed by atoms with E-state index in [9.17, 15) is 37.5 Å². The van der Waals surface area contributed by atoms with Gasteiger partial charge in [0, 0.05) is 33.4 Å². The first kappa shape index (κ1) is 25.8. The first-order chi connectivity index (χ1) is 18.2. The molecule has 0 heterocycles. The number of carbonyl (C=O) groups is 6. The van der Waals surface area contributed by atoms with Crippen LogP contribution in [0.2, 0.25) is 0 Å². The molecule has 4 aromatic rings. The molecule has 0 spiro atoms. The summed E-state index contributed by atoms with van der Waals surface area (Å²) >= 11 is 0. The summed E-state index contributed by atoms with van der Waals surface area (Å²) in [6, 6.07) is 18.8. The highest BCUT2D eigenvalue weighted by Gasteiger charge is 2.23. The largest absolute Gasteiger partial charge is 0.285 e. The fourth-order valence-electron chi connectivity index (χ4n) is 3.54. The maximum atomic E-state index is 13.0. The molecule has 0 aliphatic heterocycles. The summed E-state index contributed by atoms with van der Waals surface area (Å²) in [6.07, 6.45) is 0. The fourth-order valence-corrected chi connectivity index (χ4v) is 3.54. The molecule has 0 saturated heterocycles. The zero-order valence-electron chi connectivity index (χ0n) is 19.4. The third kappa shape index (κ3) is 5.44. The van der Waals surface area contributed by atoms with Crippen molar-refractivity contribution in [3.05, 3.63) is 142 Å². The number of hydrogen-bond donors (Lipinski definition) is 0. The molecule has 8 heteroatoms. The van der Waals surface area contributed by atoms with E-state index >= 15 is 0 Å². The fraction of sp³-hybridized carbons (Fsp3) is 0. The summed E-state index contributed by atoms with van der Waals surface area (Å²) < 4.78 is 26.1. The Labute approximate surface area is 214 Å². The summed E-state index contributed by atoms with van der Waals surface area (Å²) in [6.45, 7) is 0. The van der Waals surface area contributed by atoms with Crippen molar-refractivity contribution in [1.82, 2.24) is 0 Å². The average Bonchev–Trinajstić information content (AvgIpc) is 2.96. The highest BCUT2D eigenvalue weighted by Crippen LogP contribution is 2.15. The second-order valence-electron chi connectivity index (χ2n) is 8.14. The summed E-state index contributed by atoms with van der Waals surface area (Å²) in [7, 11) is 0. The van der Waals surface area contributed by atoms with E-state index < -0.39 is 46.3 Å². The van der Waals surface area contributed by atoms with Crippen LogP contribution < -0.4 is 0 Å². The van der Waals surface area contributed by atoms with Gasteiger partial charge in [-0.1, -0.05) is 48.5 Å². The predicted molar refractivity (Wildman–Crippen MR) is 132 cm³/mol. The number of rotatable bonds is 9. The molecule has 0 unspecified atom stereocenters. The van der Waals surface area contributed by atoms with E-state index in [1.807, 2.05) is 0 Å². The summed E-state index contributed by atoms with van der Waals surface area (Å²) in [4.78, 5) is 74.9. The zero-order chi connectivity index (χ0) is 27.4. The van der Waals surface area contributed by atoms with Crippen molar-refractivity contribution < 1.29 is 37.5 Å². The van der Waals surface area contributed by atoms with Crippen LogP contribution in [0, 0.1) is 11.6 Å². The monoisotopic (exact) mass is 510 g/mol. The molecule has 0 N–H and O–H groups in total. The molecule has 0 bridgehead atoms. The molecule has 0 aliphatic carbocycles.